The molecule has 0 saturated heterocycles. The zero-order valence-corrected chi connectivity index (χ0v) is 18.0. The van der Waals surface area contributed by atoms with Crippen molar-refractivity contribution in [2.24, 2.45) is 9.98 Å². The number of aromatic nitrogens is 2. The summed E-state index contributed by atoms with van der Waals surface area (Å²) in [6.07, 6.45) is 3.79. The number of aromatic hydroxyl groups is 2. The van der Waals surface area contributed by atoms with Crippen LogP contribution in [-0.2, 0) is 6.42 Å². The number of phenols is 2. The Balaban J connectivity index is 1.78. The Labute approximate surface area is 190 Å². The number of phenolic OH excluding ortho intramolecular Hbond substituents is 2. The van der Waals surface area contributed by atoms with Gasteiger partial charge in [0.05, 0.1) is 18.2 Å². The Morgan fingerprint density at radius 3 is 2.30 bits per heavy atom. The molecule has 172 valence electrons. The van der Waals surface area contributed by atoms with Gasteiger partial charge in [-0.3, -0.25) is 9.98 Å². The number of benzene rings is 2. The van der Waals surface area contributed by atoms with E-state index < -0.39 is 16.6 Å². The molecule has 0 saturated carbocycles. The van der Waals surface area contributed by atoms with Gasteiger partial charge in [-0.2, -0.15) is 0 Å². The Hall–Kier alpha value is -4.05. The van der Waals surface area contributed by atoms with Gasteiger partial charge in [0.15, 0.2) is 0 Å². The van der Waals surface area contributed by atoms with Gasteiger partial charge >= 0.3 is 5.95 Å². The number of aliphatic imine (C=N–C) groups is 2. The predicted molar refractivity (Wildman–Crippen MR) is 124 cm³/mol. The molecule has 10 heteroatoms. The fraction of sp³-hybridized carbons (Fsp3) is 0.261. The van der Waals surface area contributed by atoms with Crippen LogP contribution in [0.5, 0.6) is 11.5 Å². The van der Waals surface area contributed by atoms with Crippen LogP contribution in [0.4, 0.5) is 5.95 Å². The summed E-state index contributed by atoms with van der Waals surface area (Å²) in [6.45, 7) is 2.00. The summed E-state index contributed by atoms with van der Waals surface area (Å²) in [7, 11) is 0. The van der Waals surface area contributed by atoms with E-state index in [2.05, 4.69) is 20.0 Å². The van der Waals surface area contributed by atoms with Crippen LogP contribution in [0.3, 0.4) is 0 Å². The van der Waals surface area contributed by atoms with Crippen molar-refractivity contribution < 1.29 is 20.2 Å². The molecule has 0 aliphatic heterocycles. The standard InChI is InChI=1S/C23H25N5O5/c1-23(26-13-17-7-3-5-9-21(17)31,15-24-12-16-6-2-4-8-20(16)30)11-19(29)10-18-14-25-22(27-18)28(32)33/h2-9,12-14,19,29-31H,10-11,15H2,1H3,(H,25,27). The number of aromatic amines is 1. The van der Waals surface area contributed by atoms with Crippen molar-refractivity contribution >= 4 is 18.4 Å². The highest BCUT2D eigenvalue weighted by molar-refractivity contribution is 5.84. The number of rotatable bonds is 10. The molecule has 0 spiro atoms. The summed E-state index contributed by atoms with van der Waals surface area (Å²) >= 11 is 0. The average Bonchev–Trinajstić information content (AvgIpc) is 3.23. The number of nitro groups is 1. The van der Waals surface area contributed by atoms with E-state index in [-0.39, 0.29) is 36.8 Å². The number of nitrogens with zero attached hydrogens (tertiary/aromatic N) is 4. The molecule has 0 bridgehead atoms. The van der Waals surface area contributed by atoms with E-state index in [1.54, 1.807) is 48.5 Å². The molecule has 33 heavy (non-hydrogen) atoms. The van der Waals surface area contributed by atoms with Gasteiger partial charge in [0.25, 0.3) is 0 Å². The van der Waals surface area contributed by atoms with E-state index in [0.717, 1.165) is 0 Å². The van der Waals surface area contributed by atoms with E-state index in [0.29, 0.717) is 16.8 Å². The van der Waals surface area contributed by atoms with Crippen molar-refractivity contribution in [3.05, 3.63) is 81.7 Å². The lowest BCUT2D eigenvalue weighted by atomic mass is 9.93. The Morgan fingerprint density at radius 2 is 1.73 bits per heavy atom. The number of para-hydroxylation sites is 2. The number of hydrogen-bond acceptors (Lipinski definition) is 8. The Kier molecular flexibility index (Phi) is 7.52. The van der Waals surface area contributed by atoms with Crippen molar-refractivity contribution in [2.45, 2.75) is 31.4 Å². The second kappa shape index (κ2) is 10.5. The molecule has 1 aromatic heterocycles. The molecule has 4 N–H and O–H groups in total. The van der Waals surface area contributed by atoms with Crippen LogP contribution in [0.15, 0.2) is 64.7 Å². The molecule has 3 aromatic rings. The predicted octanol–water partition coefficient (Wildman–Crippen LogP) is 3.02. The summed E-state index contributed by atoms with van der Waals surface area (Å²) < 4.78 is 0. The van der Waals surface area contributed by atoms with Crippen LogP contribution >= 0.6 is 0 Å². The summed E-state index contributed by atoms with van der Waals surface area (Å²) in [6, 6.07) is 13.5. The molecule has 10 nitrogen and oxygen atoms in total. The molecule has 0 aliphatic rings. The third-order valence-corrected chi connectivity index (χ3v) is 4.97. The first-order valence-corrected chi connectivity index (χ1v) is 10.2. The van der Waals surface area contributed by atoms with Crippen LogP contribution in [0.25, 0.3) is 0 Å². The maximum Gasteiger partial charge on any atom is 0.432 e. The molecule has 1 heterocycles. The maximum atomic E-state index is 10.8. The van der Waals surface area contributed by atoms with Crippen LogP contribution in [0.2, 0.25) is 0 Å². The minimum absolute atomic E-state index is 0.0756. The SMILES string of the molecule is CC(CN=Cc1ccccc1O)(CC(O)Cc1cnc([N+](=O)[O-])[nH]1)N=Cc1ccccc1O. The van der Waals surface area contributed by atoms with Crippen LogP contribution in [0, 0.1) is 10.1 Å². The number of H-pyrrole nitrogens is 1. The quantitative estimate of drug-likeness (QED) is 0.211. The highest BCUT2D eigenvalue weighted by Crippen LogP contribution is 2.23. The number of hydrogen-bond donors (Lipinski definition) is 4. The smallest absolute Gasteiger partial charge is 0.432 e. The van der Waals surface area contributed by atoms with Gasteiger partial charge < -0.3 is 25.4 Å². The molecule has 0 radical (unpaired) electrons. The van der Waals surface area contributed by atoms with Crippen molar-refractivity contribution in [1.29, 1.82) is 0 Å². The zero-order chi connectivity index (χ0) is 23.8. The van der Waals surface area contributed by atoms with Crippen molar-refractivity contribution in [3.63, 3.8) is 0 Å². The third-order valence-electron chi connectivity index (χ3n) is 4.97. The minimum atomic E-state index is -0.892. The average molecular weight is 451 g/mol. The fourth-order valence-electron chi connectivity index (χ4n) is 3.29. The van der Waals surface area contributed by atoms with E-state index in [4.69, 9.17) is 0 Å². The molecule has 0 fully saturated rings. The second-order valence-corrected chi connectivity index (χ2v) is 7.89. The molecule has 2 aromatic carbocycles. The second-order valence-electron chi connectivity index (χ2n) is 7.89. The van der Waals surface area contributed by atoms with Crippen LogP contribution in [-0.4, -0.2) is 60.8 Å². The van der Waals surface area contributed by atoms with Gasteiger partial charge in [-0.25, -0.2) is 4.98 Å². The van der Waals surface area contributed by atoms with Crippen molar-refractivity contribution in [3.8, 4) is 11.5 Å². The summed E-state index contributed by atoms with van der Waals surface area (Å²) in [5, 5.41) is 41.4. The Bertz CT molecular complexity index is 1160. The first-order valence-electron chi connectivity index (χ1n) is 10.2. The fourth-order valence-corrected chi connectivity index (χ4v) is 3.29. The van der Waals surface area contributed by atoms with Gasteiger partial charge in [0.2, 0.25) is 0 Å². The van der Waals surface area contributed by atoms with Gasteiger partial charge in [-0.05, 0) is 36.1 Å². The third kappa shape index (κ3) is 6.71. The maximum absolute atomic E-state index is 10.8. The van der Waals surface area contributed by atoms with Crippen molar-refractivity contribution in [2.75, 3.05) is 6.54 Å². The molecule has 0 aliphatic carbocycles. The van der Waals surface area contributed by atoms with Gasteiger partial charge in [-0.15, -0.1) is 0 Å². The van der Waals surface area contributed by atoms with E-state index in [1.165, 1.54) is 18.6 Å². The van der Waals surface area contributed by atoms with Gasteiger partial charge in [-0.1, -0.05) is 29.2 Å². The first kappa shape index (κ1) is 23.6. The molecule has 0 amide bonds. The summed E-state index contributed by atoms with van der Waals surface area (Å²) in [5.41, 5.74) is 0.634. The number of nitrogens with one attached hydrogen (secondary N) is 1. The highest BCUT2D eigenvalue weighted by Gasteiger charge is 2.27. The number of aliphatic hydroxyl groups excluding tert-OH is 1. The molecular weight excluding hydrogens is 426 g/mol. The minimum Gasteiger partial charge on any atom is -0.507 e. The van der Waals surface area contributed by atoms with E-state index >= 15 is 0 Å². The van der Waals surface area contributed by atoms with E-state index in [1.807, 2.05) is 6.92 Å². The topological polar surface area (TPSA) is 157 Å². The first-order chi connectivity index (χ1) is 15.8. The van der Waals surface area contributed by atoms with Crippen molar-refractivity contribution in [1.82, 2.24) is 9.97 Å². The molecular formula is C23H25N5O5. The molecule has 2 atom stereocenters. The normalized spacial score (nSPS) is 14.5. The van der Waals surface area contributed by atoms with Gasteiger partial charge in [0.1, 0.15) is 23.4 Å². The number of aliphatic hydroxyl groups is 1. The van der Waals surface area contributed by atoms with Gasteiger partial charge in [0, 0.05) is 36.4 Å². The monoisotopic (exact) mass is 451 g/mol. The van der Waals surface area contributed by atoms with Crippen LogP contribution in [0.1, 0.15) is 30.2 Å². The highest BCUT2D eigenvalue weighted by atomic mass is 16.6. The van der Waals surface area contributed by atoms with Crippen LogP contribution < -0.4 is 0 Å². The lowest BCUT2D eigenvalue weighted by molar-refractivity contribution is -0.393. The number of imidazole rings is 1. The largest absolute Gasteiger partial charge is 0.507 e. The lowest BCUT2D eigenvalue weighted by Gasteiger charge is -2.26. The lowest BCUT2D eigenvalue weighted by Crippen LogP contribution is -2.33. The Morgan fingerprint density at radius 1 is 1.12 bits per heavy atom. The van der Waals surface area contributed by atoms with E-state index in [9.17, 15) is 25.4 Å². The molecule has 3 rings (SSSR count). The summed E-state index contributed by atoms with van der Waals surface area (Å²) in [4.78, 5) is 25.4. The molecule has 2 unspecified atom stereocenters. The summed E-state index contributed by atoms with van der Waals surface area (Å²) in [5.74, 6) is -0.210. The zero-order valence-electron chi connectivity index (χ0n) is 18.0.